The summed E-state index contributed by atoms with van der Waals surface area (Å²) in [6.07, 6.45) is 15.0. The summed E-state index contributed by atoms with van der Waals surface area (Å²) in [5.41, 5.74) is 25.6. The van der Waals surface area contributed by atoms with E-state index in [9.17, 15) is 0 Å². The third-order valence-corrected chi connectivity index (χ3v) is 13.8. The first kappa shape index (κ1) is 38.6. The van der Waals surface area contributed by atoms with E-state index < -0.39 is 5.41 Å². The lowest BCUT2D eigenvalue weighted by atomic mass is 9.70. The Hall–Kier alpha value is -8.86. The summed E-state index contributed by atoms with van der Waals surface area (Å²) in [5.74, 6) is 0. The molecule has 1 spiro atoms. The van der Waals surface area contributed by atoms with E-state index in [1.807, 2.05) is 73.8 Å². The van der Waals surface area contributed by atoms with Crippen molar-refractivity contribution in [2.24, 2.45) is 0 Å². The fourth-order valence-corrected chi connectivity index (χ4v) is 10.8. The fourth-order valence-electron chi connectivity index (χ4n) is 10.8. The standard InChI is InChI=1S/C63H40N4/c1-4-16-59-55(13-1)56-14-2-5-17-60(56)63(59)61-18-6-3-15-57(61)58-20-19-47(36-62(58)63)50-32-48(43-9-7-11-45(29-43)53-34-51(37-66-39-53)41-21-25-64-26-22-41)31-49(33-50)44-10-8-12-46(30-44)54-35-52(38-67-40-54)42-23-27-65-28-24-42/h1-40H. The van der Waals surface area contributed by atoms with Gasteiger partial charge in [-0.2, -0.15) is 0 Å². The summed E-state index contributed by atoms with van der Waals surface area (Å²) >= 11 is 0. The van der Waals surface area contributed by atoms with Crippen LogP contribution in [0.2, 0.25) is 0 Å². The molecule has 67 heavy (non-hydrogen) atoms. The molecule has 0 bridgehead atoms. The number of hydrogen-bond donors (Lipinski definition) is 0. The number of hydrogen-bond acceptors (Lipinski definition) is 4. The van der Waals surface area contributed by atoms with Gasteiger partial charge in [-0.25, -0.2) is 0 Å². The van der Waals surface area contributed by atoms with Gasteiger partial charge in [-0.3, -0.25) is 19.9 Å². The molecule has 0 N–H and O–H groups in total. The van der Waals surface area contributed by atoms with Crippen molar-refractivity contribution in [3.8, 4) is 100 Å². The summed E-state index contributed by atoms with van der Waals surface area (Å²) < 4.78 is 0. The number of rotatable bonds is 7. The highest BCUT2D eigenvalue weighted by Gasteiger charge is 2.51. The topological polar surface area (TPSA) is 51.6 Å². The minimum atomic E-state index is -0.435. The first-order valence-corrected chi connectivity index (χ1v) is 22.7. The third kappa shape index (κ3) is 6.37. The first-order chi connectivity index (χ1) is 33.2. The molecule has 4 heteroatoms. The molecule has 312 valence electrons. The quantitative estimate of drug-likeness (QED) is 0.160. The molecule has 11 aromatic rings. The van der Waals surface area contributed by atoms with Gasteiger partial charge in [0.15, 0.2) is 0 Å². The monoisotopic (exact) mass is 852 g/mol. The second-order valence-corrected chi connectivity index (χ2v) is 17.5. The van der Waals surface area contributed by atoms with Crippen molar-refractivity contribution in [2.45, 2.75) is 5.41 Å². The molecule has 2 aliphatic rings. The van der Waals surface area contributed by atoms with Crippen molar-refractivity contribution in [1.29, 1.82) is 0 Å². The van der Waals surface area contributed by atoms with Gasteiger partial charge in [0.2, 0.25) is 0 Å². The van der Waals surface area contributed by atoms with Gasteiger partial charge in [0.05, 0.1) is 5.41 Å². The van der Waals surface area contributed by atoms with Crippen LogP contribution in [0.4, 0.5) is 0 Å². The average molecular weight is 853 g/mol. The highest BCUT2D eigenvalue weighted by Crippen LogP contribution is 2.63. The van der Waals surface area contributed by atoms with E-state index in [0.717, 1.165) is 72.3 Å². The fraction of sp³-hybridized carbons (Fsp3) is 0.0159. The lowest BCUT2D eigenvalue weighted by molar-refractivity contribution is 0.794. The Morgan fingerprint density at radius 1 is 0.209 bits per heavy atom. The normalized spacial score (nSPS) is 12.6. The van der Waals surface area contributed by atoms with Gasteiger partial charge >= 0.3 is 0 Å². The lowest BCUT2D eigenvalue weighted by Crippen LogP contribution is -2.25. The van der Waals surface area contributed by atoms with Crippen molar-refractivity contribution in [1.82, 2.24) is 19.9 Å². The highest BCUT2D eigenvalue weighted by atomic mass is 14.6. The van der Waals surface area contributed by atoms with Gasteiger partial charge < -0.3 is 0 Å². The van der Waals surface area contributed by atoms with Crippen LogP contribution in [0.25, 0.3) is 100 Å². The Bertz CT molecular complexity index is 3500. The van der Waals surface area contributed by atoms with E-state index >= 15 is 0 Å². The van der Waals surface area contributed by atoms with Gasteiger partial charge in [0.25, 0.3) is 0 Å². The minimum absolute atomic E-state index is 0.435. The molecule has 2 aliphatic carbocycles. The molecule has 0 amide bonds. The predicted octanol–water partition coefficient (Wildman–Crippen LogP) is 15.3. The van der Waals surface area contributed by atoms with Crippen LogP contribution in [-0.2, 0) is 5.41 Å². The van der Waals surface area contributed by atoms with Crippen LogP contribution >= 0.6 is 0 Å². The van der Waals surface area contributed by atoms with Crippen LogP contribution in [0.5, 0.6) is 0 Å². The molecule has 0 aliphatic heterocycles. The van der Waals surface area contributed by atoms with Crippen molar-refractivity contribution in [3.63, 3.8) is 0 Å². The summed E-state index contributed by atoms with van der Waals surface area (Å²) in [6.45, 7) is 0. The van der Waals surface area contributed by atoms with E-state index in [1.54, 1.807) is 0 Å². The summed E-state index contributed by atoms with van der Waals surface area (Å²) in [5, 5.41) is 0. The molecule has 0 saturated heterocycles. The maximum atomic E-state index is 4.68. The third-order valence-electron chi connectivity index (χ3n) is 13.8. The second-order valence-electron chi connectivity index (χ2n) is 17.5. The van der Waals surface area contributed by atoms with Crippen LogP contribution in [0.15, 0.2) is 244 Å². The Morgan fingerprint density at radius 3 is 0.970 bits per heavy atom. The SMILES string of the molecule is c1cc(-c2cncc(-c3ccncc3)c2)cc(-c2cc(-c3cccc(-c4cncc(-c5ccncc5)c4)c3)cc(-c3ccc4c(c3)C3(c5ccccc5-c5ccccc53)c3ccccc3-4)c2)c1. The van der Waals surface area contributed by atoms with E-state index in [0.29, 0.717) is 0 Å². The summed E-state index contributed by atoms with van der Waals surface area (Å²) in [4.78, 5) is 17.8. The van der Waals surface area contributed by atoms with Gasteiger partial charge in [-0.15, -0.1) is 0 Å². The molecule has 0 fully saturated rings. The highest BCUT2D eigenvalue weighted by molar-refractivity contribution is 5.96. The van der Waals surface area contributed by atoms with Crippen molar-refractivity contribution < 1.29 is 0 Å². The summed E-state index contributed by atoms with van der Waals surface area (Å²) in [6, 6.07) is 71.5. The minimum Gasteiger partial charge on any atom is -0.265 e. The van der Waals surface area contributed by atoms with Gasteiger partial charge in [-0.05, 0) is 173 Å². The van der Waals surface area contributed by atoms with Crippen molar-refractivity contribution >= 4 is 0 Å². The number of nitrogens with zero attached hydrogens (tertiary/aromatic N) is 4. The number of pyridine rings is 4. The van der Waals surface area contributed by atoms with Crippen LogP contribution in [0, 0.1) is 0 Å². The van der Waals surface area contributed by atoms with E-state index in [4.69, 9.17) is 0 Å². The Morgan fingerprint density at radius 2 is 0.537 bits per heavy atom. The van der Waals surface area contributed by atoms with Gasteiger partial charge in [-0.1, -0.05) is 121 Å². The van der Waals surface area contributed by atoms with Crippen LogP contribution in [0.3, 0.4) is 0 Å². The van der Waals surface area contributed by atoms with Crippen LogP contribution in [-0.4, -0.2) is 19.9 Å². The van der Waals surface area contributed by atoms with E-state index in [-0.39, 0.29) is 0 Å². The molecule has 0 atom stereocenters. The average Bonchev–Trinajstić information content (AvgIpc) is 3.88. The molecular formula is C63H40N4. The zero-order chi connectivity index (χ0) is 44.3. The molecule has 4 nitrogen and oxygen atoms in total. The van der Waals surface area contributed by atoms with Crippen LogP contribution < -0.4 is 0 Å². The Balaban J connectivity index is 0.986. The number of fused-ring (bicyclic) bond motifs is 10. The van der Waals surface area contributed by atoms with E-state index in [2.05, 4.69) is 190 Å². The zero-order valence-electron chi connectivity index (χ0n) is 36.4. The van der Waals surface area contributed by atoms with Crippen molar-refractivity contribution in [2.75, 3.05) is 0 Å². The molecule has 0 unspecified atom stereocenters. The molecular weight excluding hydrogens is 813 g/mol. The zero-order valence-corrected chi connectivity index (χ0v) is 36.4. The molecule has 4 aromatic heterocycles. The summed E-state index contributed by atoms with van der Waals surface area (Å²) in [7, 11) is 0. The largest absolute Gasteiger partial charge is 0.265 e. The van der Waals surface area contributed by atoms with Gasteiger partial charge in [0, 0.05) is 71.8 Å². The molecule has 4 heterocycles. The van der Waals surface area contributed by atoms with E-state index in [1.165, 1.54) is 50.1 Å². The predicted molar refractivity (Wildman–Crippen MR) is 272 cm³/mol. The molecule has 0 radical (unpaired) electrons. The lowest BCUT2D eigenvalue weighted by Gasteiger charge is -2.30. The molecule has 7 aromatic carbocycles. The maximum absolute atomic E-state index is 4.68. The molecule has 0 saturated carbocycles. The number of aromatic nitrogens is 4. The molecule has 13 rings (SSSR count). The van der Waals surface area contributed by atoms with Gasteiger partial charge in [0.1, 0.15) is 0 Å². The Kier molecular flexibility index (Phi) is 9.04. The Labute approximate surface area is 389 Å². The number of benzene rings is 7. The second kappa shape index (κ2) is 15.7. The van der Waals surface area contributed by atoms with Crippen LogP contribution in [0.1, 0.15) is 22.3 Å². The van der Waals surface area contributed by atoms with Crippen molar-refractivity contribution in [3.05, 3.63) is 266 Å². The smallest absolute Gasteiger partial charge is 0.0725 e. The maximum Gasteiger partial charge on any atom is 0.0725 e. The first-order valence-electron chi connectivity index (χ1n) is 22.7.